The second-order valence-electron chi connectivity index (χ2n) is 5.37. The average Bonchev–Trinajstić information content (AvgIpc) is 2.59. The minimum Gasteiger partial charge on any atom is -0.504 e. The first-order valence-electron chi connectivity index (χ1n) is 7.80. The molecule has 8 nitrogen and oxygen atoms in total. The maximum atomic E-state index is 12.4. The molecule has 2 aromatic carbocycles. The molecule has 0 aliphatic carbocycles. The molecule has 2 aromatic rings. The van der Waals surface area contributed by atoms with Crippen LogP contribution in [0, 0.1) is 0 Å². The molecule has 0 fully saturated rings. The van der Waals surface area contributed by atoms with Crippen molar-refractivity contribution in [2.75, 3.05) is 23.7 Å². The second kappa shape index (κ2) is 10.8. The molecule has 0 atom stereocenters. The molecule has 12 heteroatoms. The van der Waals surface area contributed by atoms with Gasteiger partial charge in [0.25, 0.3) is 0 Å². The molecule has 0 aromatic heterocycles. The standard InChI is InChI=1S/C16H18BrClN4O4S.ClH/c17-10-4-1-2-5-12(10)21-16(24)22-13-7-6-11(18)15(14(13)23)27(25,26)20-9-3-8-19;/h1-2,4-7,20,23H,3,8-9,19H2,(H2,21,22,24);1H. The molecule has 0 aliphatic rings. The molecule has 0 saturated carbocycles. The predicted molar refractivity (Wildman–Crippen MR) is 116 cm³/mol. The summed E-state index contributed by atoms with van der Waals surface area (Å²) in [4.78, 5) is 11.7. The number of rotatable bonds is 7. The number of para-hydroxylation sites is 1. The lowest BCUT2D eigenvalue weighted by Gasteiger charge is -2.14. The highest BCUT2D eigenvalue weighted by atomic mass is 79.9. The molecule has 0 unspecified atom stereocenters. The number of urea groups is 1. The molecule has 0 heterocycles. The van der Waals surface area contributed by atoms with Crippen molar-refractivity contribution in [2.24, 2.45) is 5.73 Å². The lowest BCUT2D eigenvalue weighted by molar-refractivity contribution is 0.262. The van der Waals surface area contributed by atoms with Crippen LogP contribution in [0.2, 0.25) is 5.02 Å². The molecular formula is C16H19BrCl2N4O4S. The van der Waals surface area contributed by atoms with Gasteiger partial charge in [-0.2, -0.15) is 0 Å². The van der Waals surface area contributed by atoms with E-state index in [2.05, 4.69) is 31.3 Å². The summed E-state index contributed by atoms with van der Waals surface area (Å²) in [6.45, 7) is 0.397. The van der Waals surface area contributed by atoms with E-state index in [4.69, 9.17) is 17.3 Å². The van der Waals surface area contributed by atoms with Gasteiger partial charge in [0.1, 0.15) is 4.90 Å². The van der Waals surface area contributed by atoms with Crippen LogP contribution in [0.4, 0.5) is 16.2 Å². The van der Waals surface area contributed by atoms with Gasteiger partial charge >= 0.3 is 6.03 Å². The number of hydrogen-bond acceptors (Lipinski definition) is 5. The van der Waals surface area contributed by atoms with Crippen molar-refractivity contribution >= 4 is 67.4 Å². The van der Waals surface area contributed by atoms with Gasteiger partial charge in [0, 0.05) is 11.0 Å². The number of halogens is 3. The van der Waals surface area contributed by atoms with Gasteiger partial charge in [-0.25, -0.2) is 17.9 Å². The fourth-order valence-corrected chi connectivity index (χ4v) is 4.21. The summed E-state index contributed by atoms with van der Waals surface area (Å²) in [5.41, 5.74) is 5.73. The zero-order chi connectivity index (χ0) is 20.0. The summed E-state index contributed by atoms with van der Waals surface area (Å²) in [7, 11) is -4.08. The van der Waals surface area contributed by atoms with Crippen LogP contribution in [-0.2, 0) is 10.0 Å². The van der Waals surface area contributed by atoms with Gasteiger partial charge < -0.3 is 21.5 Å². The summed E-state index contributed by atoms with van der Waals surface area (Å²) in [5.74, 6) is -0.662. The van der Waals surface area contributed by atoms with E-state index < -0.39 is 26.7 Å². The molecule has 0 saturated heterocycles. The Labute approximate surface area is 182 Å². The Hall–Kier alpha value is -1.56. The van der Waals surface area contributed by atoms with E-state index in [9.17, 15) is 18.3 Å². The van der Waals surface area contributed by atoms with Crippen LogP contribution in [0.25, 0.3) is 0 Å². The highest BCUT2D eigenvalue weighted by Crippen LogP contribution is 2.36. The van der Waals surface area contributed by atoms with Crippen molar-refractivity contribution < 1.29 is 18.3 Å². The first-order chi connectivity index (χ1) is 12.8. The number of phenolic OH excluding ortho intramolecular Hbond substituents is 1. The van der Waals surface area contributed by atoms with Crippen LogP contribution in [0.15, 0.2) is 45.8 Å². The summed E-state index contributed by atoms with van der Waals surface area (Å²) in [6.07, 6.45) is 0.421. The maximum absolute atomic E-state index is 12.4. The van der Waals surface area contributed by atoms with E-state index >= 15 is 0 Å². The van der Waals surface area contributed by atoms with E-state index in [-0.39, 0.29) is 29.7 Å². The number of carbonyl (C=O) groups is 1. The largest absolute Gasteiger partial charge is 0.504 e. The van der Waals surface area contributed by atoms with Gasteiger partial charge in [0.2, 0.25) is 10.0 Å². The Balaban J connectivity index is 0.00000392. The zero-order valence-electron chi connectivity index (χ0n) is 14.4. The third-order valence-electron chi connectivity index (χ3n) is 3.40. The van der Waals surface area contributed by atoms with Crippen molar-refractivity contribution in [3.63, 3.8) is 0 Å². The van der Waals surface area contributed by atoms with Gasteiger partial charge in [-0.15, -0.1) is 12.4 Å². The van der Waals surface area contributed by atoms with Gasteiger partial charge in [-0.05, 0) is 53.2 Å². The third kappa shape index (κ3) is 6.23. The number of benzene rings is 2. The van der Waals surface area contributed by atoms with E-state index in [0.29, 0.717) is 23.1 Å². The highest BCUT2D eigenvalue weighted by Gasteiger charge is 2.25. The SMILES string of the molecule is Cl.NCCCNS(=O)(=O)c1c(Cl)ccc(NC(=O)Nc2ccccc2Br)c1O. The molecule has 0 bridgehead atoms. The van der Waals surface area contributed by atoms with Crippen molar-refractivity contribution in [1.82, 2.24) is 4.72 Å². The Morgan fingerprint density at radius 1 is 1.14 bits per heavy atom. The first-order valence-corrected chi connectivity index (χ1v) is 10.5. The van der Waals surface area contributed by atoms with Gasteiger partial charge in [-0.3, -0.25) is 0 Å². The van der Waals surface area contributed by atoms with Crippen LogP contribution >= 0.6 is 39.9 Å². The number of nitrogens with two attached hydrogens (primary N) is 1. The number of hydrogen-bond donors (Lipinski definition) is 5. The topological polar surface area (TPSA) is 134 Å². The summed E-state index contributed by atoms with van der Waals surface area (Å²) >= 11 is 9.24. The lowest BCUT2D eigenvalue weighted by Crippen LogP contribution is -2.27. The molecule has 154 valence electrons. The molecule has 6 N–H and O–H groups in total. The average molecular weight is 514 g/mol. The van der Waals surface area contributed by atoms with Gasteiger partial charge in [0.05, 0.1) is 16.4 Å². The molecule has 0 radical (unpaired) electrons. The predicted octanol–water partition coefficient (Wildman–Crippen LogP) is 3.50. The molecule has 2 rings (SSSR count). The van der Waals surface area contributed by atoms with E-state index in [0.717, 1.165) is 0 Å². The van der Waals surface area contributed by atoms with E-state index in [1.165, 1.54) is 12.1 Å². The monoisotopic (exact) mass is 512 g/mol. The normalized spacial score (nSPS) is 10.8. The zero-order valence-corrected chi connectivity index (χ0v) is 18.4. The van der Waals surface area contributed by atoms with Crippen LogP contribution in [0.5, 0.6) is 5.75 Å². The summed E-state index contributed by atoms with van der Waals surface area (Å²) < 4.78 is 27.7. The van der Waals surface area contributed by atoms with Crippen molar-refractivity contribution in [3.8, 4) is 5.75 Å². The fourth-order valence-electron chi connectivity index (χ4n) is 2.12. The number of aromatic hydroxyl groups is 1. The third-order valence-corrected chi connectivity index (χ3v) is 6.05. The van der Waals surface area contributed by atoms with Crippen LogP contribution < -0.4 is 21.1 Å². The number of amides is 2. The molecule has 28 heavy (non-hydrogen) atoms. The smallest absolute Gasteiger partial charge is 0.323 e. The minimum atomic E-state index is -4.08. The van der Waals surface area contributed by atoms with Crippen molar-refractivity contribution in [2.45, 2.75) is 11.3 Å². The van der Waals surface area contributed by atoms with E-state index in [1.807, 2.05) is 0 Å². The summed E-state index contributed by atoms with van der Waals surface area (Å²) in [6, 6.07) is 8.84. The number of anilines is 2. The Bertz CT molecular complexity index is 944. The summed E-state index contributed by atoms with van der Waals surface area (Å²) in [5, 5.41) is 15.2. The van der Waals surface area contributed by atoms with Crippen LogP contribution in [0.1, 0.15) is 6.42 Å². The number of sulfonamides is 1. The number of phenols is 1. The van der Waals surface area contributed by atoms with Crippen LogP contribution in [-0.4, -0.2) is 32.6 Å². The Kier molecular flexibility index (Phi) is 9.48. The number of carbonyl (C=O) groups excluding carboxylic acids is 1. The van der Waals surface area contributed by atoms with Gasteiger partial charge in [0.15, 0.2) is 5.75 Å². The highest BCUT2D eigenvalue weighted by molar-refractivity contribution is 9.10. The quantitative estimate of drug-likeness (QED) is 0.285. The number of nitrogens with one attached hydrogen (secondary N) is 3. The first kappa shape index (κ1) is 24.5. The van der Waals surface area contributed by atoms with Gasteiger partial charge in [-0.1, -0.05) is 23.7 Å². The molecule has 0 aliphatic heterocycles. The van der Waals surface area contributed by atoms with Crippen LogP contribution in [0.3, 0.4) is 0 Å². The second-order valence-corrected chi connectivity index (χ2v) is 8.34. The molecule has 0 spiro atoms. The van der Waals surface area contributed by atoms with Crippen molar-refractivity contribution in [3.05, 3.63) is 45.9 Å². The van der Waals surface area contributed by atoms with E-state index in [1.54, 1.807) is 24.3 Å². The Morgan fingerprint density at radius 3 is 2.43 bits per heavy atom. The molecular weight excluding hydrogens is 495 g/mol. The van der Waals surface area contributed by atoms with Crippen molar-refractivity contribution in [1.29, 1.82) is 0 Å². The fraction of sp³-hybridized carbons (Fsp3) is 0.188. The lowest BCUT2D eigenvalue weighted by atomic mass is 10.3. The maximum Gasteiger partial charge on any atom is 0.323 e. The Morgan fingerprint density at radius 2 is 1.79 bits per heavy atom. The minimum absolute atomic E-state index is 0. The molecule has 2 amide bonds.